The molecule has 0 aliphatic heterocycles. The molecule has 2 nitrogen and oxygen atoms in total. The summed E-state index contributed by atoms with van der Waals surface area (Å²) in [6.45, 7) is 4.19. The Morgan fingerprint density at radius 2 is 1.95 bits per heavy atom. The average molecular weight is 275 g/mol. The summed E-state index contributed by atoms with van der Waals surface area (Å²) in [7, 11) is 2.02. The molecule has 102 valence electrons. The van der Waals surface area contributed by atoms with Crippen molar-refractivity contribution in [2.75, 3.05) is 12.8 Å². The second-order valence-corrected chi connectivity index (χ2v) is 5.65. The topological polar surface area (TPSA) is 25.2 Å². The van der Waals surface area contributed by atoms with Gasteiger partial charge in [0, 0.05) is 16.7 Å². The standard InChI is InChI=1S/C16H21NOS/c1-4-13-5-7-14(8-6-13)15(17-3)11-19-16-9-10-18-12(16)2/h5-10,15,17H,4,11H2,1-3H3. The van der Waals surface area contributed by atoms with Gasteiger partial charge in [0.05, 0.1) is 6.26 Å². The molecule has 0 amide bonds. The van der Waals surface area contributed by atoms with Gasteiger partial charge >= 0.3 is 0 Å². The van der Waals surface area contributed by atoms with Gasteiger partial charge in [0.15, 0.2) is 0 Å². The molecule has 1 atom stereocenters. The zero-order valence-corrected chi connectivity index (χ0v) is 12.6. The molecule has 0 aliphatic carbocycles. The molecule has 2 aromatic rings. The van der Waals surface area contributed by atoms with Crippen LogP contribution in [0.4, 0.5) is 0 Å². The highest BCUT2D eigenvalue weighted by molar-refractivity contribution is 7.99. The summed E-state index contributed by atoms with van der Waals surface area (Å²) in [5, 5.41) is 3.39. The minimum Gasteiger partial charge on any atom is -0.468 e. The fourth-order valence-corrected chi connectivity index (χ4v) is 3.14. The summed E-state index contributed by atoms with van der Waals surface area (Å²) in [6.07, 6.45) is 2.84. The molecule has 1 aromatic heterocycles. The molecule has 0 radical (unpaired) electrons. The van der Waals surface area contributed by atoms with Gasteiger partial charge in [-0.15, -0.1) is 11.8 Å². The summed E-state index contributed by atoms with van der Waals surface area (Å²) in [6, 6.07) is 11.3. The Kier molecular flexibility index (Phi) is 5.11. The van der Waals surface area contributed by atoms with E-state index in [-0.39, 0.29) is 0 Å². The van der Waals surface area contributed by atoms with E-state index in [0.29, 0.717) is 6.04 Å². The van der Waals surface area contributed by atoms with Crippen LogP contribution in [-0.4, -0.2) is 12.8 Å². The SMILES string of the molecule is CCc1ccc(C(CSc2ccoc2C)NC)cc1. The lowest BCUT2D eigenvalue weighted by molar-refractivity contribution is 0.526. The van der Waals surface area contributed by atoms with Crippen LogP contribution in [0.5, 0.6) is 0 Å². The van der Waals surface area contributed by atoms with E-state index in [0.717, 1.165) is 17.9 Å². The van der Waals surface area contributed by atoms with E-state index < -0.39 is 0 Å². The van der Waals surface area contributed by atoms with Gasteiger partial charge in [0.2, 0.25) is 0 Å². The normalized spacial score (nSPS) is 12.6. The van der Waals surface area contributed by atoms with Crippen molar-refractivity contribution in [3.63, 3.8) is 0 Å². The summed E-state index contributed by atoms with van der Waals surface area (Å²) >= 11 is 1.83. The van der Waals surface area contributed by atoms with E-state index >= 15 is 0 Å². The van der Waals surface area contributed by atoms with Gasteiger partial charge in [-0.2, -0.15) is 0 Å². The maximum absolute atomic E-state index is 5.33. The molecule has 0 fully saturated rings. The Bertz CT molecular complexity index is 504. The maximum atomic E-state index is 5.33. The van der Waals surface area contributed by atoms with E-state index in [1.54, 1.807) is 6.26 Å². The summed E-state index contributed by atoms with van der Waals surface area (Å²) in [5.41, 5.74) is 2.73. The molecule has 0 spiro atoms. The highest BCUT2D eigenvalue weighted by Gasteiger charge is 2.11. The maximum Gasteiger partial charge on any atom is 0.114 e. The number of hydrogen-bond donors (Lipinski definition) is 1. The molecule has 2 rings (SSSR count). The first-order chi connectivity index (χ1) is 9.24. The third kappa shape index (κ3) is 3.64. The molecule has 0 saturated heterocycles. The van der Waals surface area contributed by atoms with Gasteiger partial charge in [0.25, 0.3) is 0 Å². The van der Waals surface area contributed by atoms with Crippen molar-refractivity contribution in [1.82, 2.24) is 5.32 Å². The molecule has 0 aliphatic rings. The number of rotatable bonds is 6. The number of furan rings is 1. The van der Waals surface area contributed by atoms with Crippen molar-refractivity contribution >= 4 is 11.8 Å². The Hall–Kier alpha value is -1.19. The molecular weight excluding hydrogens is 254 g/mol. The van der Waals surface area contributed by atoms with E-state index in [2.05, 4.69) is 36.5 Å². The minimum atomic E-state index is 0.366. The lowest BCUT2D eigenvalue weighted by Crippen LogP contribution is -2.18. The quantitative estimate of drug-likeness (QED) is 0.800. The van der Waals surface area contributed by atoms with Crippen molar-refractivity contribution in [3.8, 4) is 0 Å². The fraction of sp³-hybridized carbons (Fsp3) is 0.375. The molecule has 0 saturated carbocycles. The molecule has 1 heterocycles. The predicted molar refractivity (Wildman–Crippen MR) is 81.8 cm³/mol. The Labute approximate surface area is 119 Å². The fourth-order valence-electron chi connectivity index (χ4n) is 2.03. The van der Waals surface area contributed by atoms with Crippen LogP contribution in [0.15, 0.2) is 45.9 Å². The van der Waals surface area contributed by atoms with Crippen LogP contribution in [0.2, 0.25) is 0 Å². The third-order valence-electron chi connectivity index (χ3n) is 3.36. The highest BCUT2D eigenvalue weighted by Crippen LogP contribution is 2.27. The van der Waals surface area contributed by atoms with Crippen molar-refractivity contribution in [3.05, 3.63) is 53.5 Å². The van der Waals surface area contributed by atoms with Gasteiger partial charge < -0.3 is 9.73 Å². The molecule has 3 heteroatoms. The van der Waals surface area contributed by atoms with Crippen LogP contribution in [-0.2, 0) is 6.42 Å². The van der Waals surface area contributed by atoms with Gasteiger partial charge in [-0.25, -0.2) is 0 Å². The van der Waals surface area contributed by atoms with Crippen LogP contribution in [0.3, 0.4) is 0 Å². The molecule has 1 aromatic carbocycles. The number of nitrogens with one attached hydrogen (secondary N) is 1. The van der Waals surface area contributed by atoms with E-state index in [1.807, 2.05) is 31.8 Å². The highest BCUT2D eigenvalue weighted by atomic mass is 32.2. The van der Waals surface area contributed by atoms with Crippen molar-refractivity contribution < 1.29 is 4.42 Å². The second kappa shape index (κ2) is 6.83. The van der Waals surface area contributed by atoms with Crippen LogP contribution in [0.1, 0.15) is 29.9 Å². The number of aryl methyl sites for hydroxylation is 2. The molecule has 0 bridgehead atoms. The number of thioether (sulfide) groups is 1. The molecule has 1 unspecified atom stereocenters. The largest absolute Gasteiger partial charge is 0.468 e. The van der Waals surface area contributed by atoms with Crippen molar-refractivity contribution in [2.24, 2.45) is 0 Å². The van der Waals surface area contributed by atoms with Crippen LogP contribution in [0.25, 0.3) is 0 Å². The first kappa shape index (κ1) is 14.2. The lowest BCUT2D eigenvalue weighted by Gasteiger charge is -2.16. The van der Waals surface area contributed by atoms with Gasteiger partial charge in [-0.05, 0) is 37.6 Å². The molecular formula is C16H21NOS. The first-order valence-electron chi connectivity index (χ1n) is 6.67. The smallest absolute Gasteiger partial charge is 0.114 e. The van der Waals surface area contributed by atoms with Gasteiger partial charge in [0.1, 0.15) is 5.76 Å². The van der Waals surface area contributed by atoms with E-state index in [9.17, 15) is 0 Å². The molecule has 1 N–H and O–H groups in total. The first-order valence-corrected chi connectivity index (χ1v) is 7.66. The monoisotopic (exact) mass is 275 g/mol. The number of hydrogen-bond acceptors (Lipinski definition) is 3. The lowest BCUT2D eigenvalue weighted by atomic mass is 10.1. The molecule has 19 heavy (non-hydrogen) atoms. The second-order valence-electron chi connectivity index (χ2n) is 4.59. The van der Waals surface area contributed by atoms with Crippen LogP contribution < -0.4 is 5.32 Å². The predicted octanol–water partition coefficient (Wildman–Crippen LogP) is 4.20. The van der Waals surface area contributed by atoms with Crippen LogP contribution in [0, 0.1) is 6.92 Å². The van der Waals surface area contributed by atoms with Gasteiger partial charge in [-0.1, -0.05) is 31.2 Å². The zero-order chi connectivity index (χ0) is 13.7. The summed E-state index contributed by atoms with van der Waals surface area (Å²) in [5.74, 6) is 2.00. The summed E-state index contributed by atoms with van der Waals surface area (Å²) in [4.78, 5) is 1.23. The Morgan fingerprint density at radius 3 is 2.47 bits per heavy atom. The van der Waals surface area contributed by atoms with E-state index in [1.165, 1.54) is 16.0 Å². The van der Waals surface area contributed by atoms with E-state index in [4.69, 9.17) is 4.42 Å². The summed E-state index contributed by atoms with van der Waals surface area (Å²) < 4.78 is 5.33. The Morgan fingerprint density at radius 1 is 1.21 bits per heavy atom. The third-order valence-corrected chi connectivity index (χ3v) is 4.59. The van der Waals surface area contributed by atoms with Gasteiger partial charge in [-0.3, -0.25) is 0 Å². The minimum absolute atomic E-state index is 0.366. The van der Waals surface area contributed by atoms with Crippen LogP contribution >= 0.6 is 11.8 Å². The Balaban J connectivity index is 2.01. The number of benzene rings is 1. The van der Waals surface area contributed by atoms with Crippen molar-refractivity contribution in [2.45, 2.75) is 31.2 Å². The van der Waals surface area contributed by atoms with Crippen molar-refractivity contribution in [1.29, 1.82) is 0 Å². The average Bonchev–Trinajstić information content (AvgIpc) is 2.86. The zero-order valence-electron chi connectivity index (χ0n) is 11.8.